The Hall–Kier alpha value is -3.49. The maximum absolute atomic E-state index is 13.5. The van der Waals surface area contributed by atoms with Gasteiger partial charge in [-0.3, -0.25) is 9.83 Å². The van der Waals surface area contributed by atoms with Crippen molar-refractivity contribution in [3.63, 3.8) is 0 Å². The molecular weight excluding hydrogens is 435 g/mol. The van der Waals surface area contributed by atoms with E-state index < -0.39 is 0 Å². The van der Waals surface area contributed by atoms with Gasteiger partial charge in [-0.2, -0.15) is 0 Å². The maximum atomic E-state index is 13.5. The number of ether oxygens (including phenoxy) is 1. The zero-order chi connectivity index (χ0) is 23.7. The van der Waals surface area contributed by atoms with Crippen LogP contribution in [0.3, 0.4) is 0 Å². The van der Waals surface area contributed by atoms with Gasteiger partial charge in [0, 0.05) is 25.1 Å². The van der Waals surface area contributed by atoms with Crippen molar-refractivity contribution in [1.82, 2.24) is 14.6 Å². The third kappa shape index (κ3) is 4.22. The van der Waals surface area contributed by atoms with Crippen LogP contribution in [0.15, 0.2) is 65.6 Å². The molecule has 1 aromatic heterocycles. The molecule has 8 heteroatoms. The molecule has 34 heavy (non-hydrogen) atoms. The highest BCUT2D eigenvalue weighted by atomic mass is 19.1. The van der Waals surface area contributed by atoms with E-state index in [9.17, 15) is 9.50 Å². The van der Waals surface area contributed by atoms with E-state index >= 15 is 0 Å². The first kappa shape index (κ1) is 22.3. The number of rotatable bonds is 5. The van der Waals surface area contributed by atoms with Gasteiger partial charge in [0.1, 0.15) is 11.6 Å². The van der Waals surface area contributed by atoms with Gasteiger partial charge in [0.05, 0.1) is 44.1 Å². The summed E-state index contributed by atoms with van der Waals surface area (Å²) in [5.74, 6) is 1.05. The van der Waals surface area contributed by atoms with Crippen LogP contribution < -0.4 is 4.74 Å². The molecule has 3 aromatic rings. The minimum absolute atomic E-state index is 0.0376. The molecule has 176 valence electrons. The number of hydrogen-bond acceptors (Lipinski definition) is 6. The van der Waals surface area contributed by atoms with E-state index in [0.29, 0.717) is 19.6 Å². The highest BCUT2D eigenvalue weighted by Gasteiger charge is 2.38. The Morgan fingerprint density at radius 2 is 2.06 bits per heavy atom. The summed E-state index contributed by atoms with van der Waals surface area (Å²) in [7, 11) is 1.66. The van der Waals surface area contributed by atoms with E-state index in [-0.39, 0.29) is 24.4 Å². The van der Waals surface area contributed by atoms with Crippen molar-refractivity contribution >= 4 is 11.9 Å². The Morgan fingerprint density at radius 3 is 2.76 bits per heavy atom. The normalized spacial score (nSPS) is 21.4. The Kier molecular flexibility index (Phi) is 6.17. The van der Waals surface area contributed by atoms with Gasteiger partial charge in [-0.1, -0.05) is 18.2 Å². The van der Waals surface area contributed by atoms with E-state index in [1.165, 1.54) is 12.1 Å². The zero-order valence-electron chi connectivity index (χ0n) is 19.2. The number of imidazole rings is 1. The second-order valence-corrected chi connectivity index (χ2v) is 8.54. The van der Waals surface area contributed by atoms with Crippen LogP contribution >= 0.6 is 0 Å². The van der Waals surface area contributed by atoms with Crippen LogP contribution in [-0.2, 0) is 4.84 Å². The molecule has 2 aliphatic heterocycles. The number of aromatic nitrogens is 2. The molecule has 5 rings (SSSR count). The zero-order valence-corrected chi connectivity index (χ0v) is 19.2. The topological polar surface area (TPSA) is 72.1 Å². The monoisotopic (exact) mass is 462 g/mol. The molecule has 2 unspecified atom stereocenters. The Morgan fingerprint density at radius 1 is 1.24 bits per heavy atom. The lowest BCUT2D eigenvalue weighted by Crippen LogP contribution is -2.47. The fourth-order valence-electron chi connectivity index (χ4n) is 4.56. The number of aliphatic hydroxyl groups is 1. The van der Waals surface area contributed by atoms with Crippen LogP contribution in [0.25, 0.3) is 11.8 Å². The number of methoxy groups -OCH3 is 1. The molecule has 3 heterocycles. The number of aryl methyl sites for hydroxylation is 1. The van der Waals surface area contributed by atoms with Crippen LogP contribution in [0.5, 0.6) is 5.75 Å². The lowest BCUT2D eigenvalue weighted by molar-refractivity contribution is -0.156. The summed E-state index contributed by atoms with van der Waals surface area (Å²) in [5, 5.41) is 11.8. The molecule has 0 spiro atoms. The number of amidine groups is 1. The first-order chi connectivity index (χ1) is 16.6. The molecule has 2 atom stereocenters. The van der Waals surface area contributed by atoms with Crippen LogP contribution in [0.1, 0.15) is 29.3 Å². The minimum Gasteiger partial charge on any atom is -0.495 e. The van der Waals surface area contributed by atoms with Crippen LogP contribution in [0.2, 0.25) is 0 Å². The number of hydrogen-bond donors (Lipinski definition) is 1. The quantitative estimate of drug-likeness (QED) is 0.618. The fourth-order valence-corrected chi connectivity index (χ4v) is 4.56. The van der Waals surface area contributed by atoms with Crippen molar-refractivity contribution in [3.05, 3.63) is 83.2 Å². The fraction of sp³-hybridized carbons (Fsp3) is 0.308. The summed E-state index contributed by atoms with van der Waals surface area (Å²) >= 11 is 0. The smallest absolute Gasteiger partial charge is 0.151 e. The number of aliphatic hydroxyl groups excluding tert-OH is 1. The Balaban J connectivity index is 1.48. The van der Waals surface area contributed by atoms with Gasteiger partial charge in [0.15, 0.2) is 5.84 Å². The van der Waals surface area contributed by atoms with Gasteiger partial charge in [-0.05, 0) is 54.0 Å². The molecule has 1 N–H and O–H groups in total. The van der Waals surface area contributed by atoms with Gasteiger partial charge in [-0.15, -0.1) is 0 Å². The average Bonchev–Trinajstić information content (AvgIpc) is 3.30. The largest absolute Gasteiger partial charge is 0.495 e. The minimum atomic E-state index is -0.294. The third-order valence-corrected chi connectivity index (χ3v) is 6.25. The molecule has 2 aliphatic rings. The third-order valence-electron chi connectivity index (χ3n) is 6.25. The van der Waals surface area contributed by atoms with Crippen molar-refractivity contribution in [1.29, 1.82) is 0 Å². The Labute approximate surface area is 197 Å². The molecule has 1 saturated heterocycles. The van der Waals surface area contributed by atoms with Gasteiger partial charge in [-0.25, -0.2) is 14.4 Å². The number of nitrogens with zero attached hydrogens (tertiary/aromatic N) is 4. The lowest BCUT2D eigenvalue weighted by Gasteiger charge is -2.43. The number of hydroxylamine groups is 2. The summed E-state index contributed by atoms with van der Waals surface area (Å²) in [6, 6.07) is 12.2. The highest BCUT2D eigenvalue weighted by Crippen LogP contribution is 2.37. The van der Waals surface area contributed by atoms with Crippen molar-refractivity contribution in [2.45, 2.75) is 19.4 Å². The molecule has 0 bridgehead atoms. The molecule has 0 aliphatic carbocycles. The molecule has 7 nitrogen and oxygen atoms in total. The molecule has 0 radical (unpaired) electrons. The first-order valence-corrected chi connectivity index (χ1v) is 11.3. The number of halogens is 1. The second-order valence-electron chi connectivity index (χ2n) is 8.54. The predicted octanol–water partition coefficient (Wildman–Crippen LogP) is 4.11. The summed E-state index contributed by atoms with van der Waals surface area (Å²) < 4.78 is 21.1. The van der Waals surface area contributed by atoms with Gasteiger partial charge in [0.25, 0.3) is 0 Å². The van der Waals surface area contributed by atoms with Crippen LogP contribution in [0, 0.1) is 18.7 Å². The summed E-state index contributed by atoms with van der Waals surface area (Å²) in [5.41, 5.74) is 4.76. The summed E-state index contributed by atoms with van der Waals surface area (Å²) in [6.45, 7) is 2.87. The molecule has 0 amide bonds. The van der Waals surface area contributed by atoms with Crippen molar-refractivity contribution in [2.24, 2.45) is 10.9 Å². The lowest BCUT2D eigenvalue weighted by atomic mass is 9.90. The maximum Gasteiger partial charge on any atom is 0.151 e. The molecule has 1 fully saturated rings. The van der Waals surface area contributed by atoms with E-state index in [1.54, 1.807) is 30.6 Å². The highest BCUT2D eigenvalue weighted by molar-refractivity contribution is 6.02. The number of fused-ring (bicyclic) bond motifs is 1. The Bertz CT molecular complexity index is 1240. The van der Waals surface area contributed by atoms with Crippen molar-refractivity contribution in [2.75, 3.05) is 26.9 Å². The van der Waals surface area contributed by atoms with E-state index in [1.807, 2.05) is 35.9 Å². The van der Waals surface area contributed by atoms with Gasteiger partial charge >= 0.3 is 0 Å². The number of aliphatic imine (C=N–C) groups is 1. The summed E-state index contributed by atoms with van der Waals surface area (Å²) in [6.07, 6.45) is 6.53. The van der Waals surface area contributed by atoms with E-state index in [4.69, 9.17) is 14.6 Å². The predicted molar refractivity (Wildman–Crippen MR) is 127 cm³/mol. The number of benzene rings is 2. The van der Waals surface area contributed by atoms with E-state index in [0.717, 1.165) is 39.7 Å². The SMILES string of the molecule is COc1cc(/C=C2/CCON3C2=NCC(CO)C3c2ccc(F)cc2)ccc1-n1cnc(C)c1. The van der Waals surface area contributed by atoms with Crippen LogP contribution in [0.4, 0.5) is 4.39 Å². The average molecular weight is 463 g/mol. The van der Waals surface area contributed by atoms with Gasteiger partial charge in [0.2, 0.25) is 0 Å². The first-order valence-electron chi connectivity index (χ1n) is 11.3. The molecular formula is C26H27FN4O3. The summed E-state index contributed by atoms with van der Waals surface area (Å²) in [4.78, 5) is 15.1. The standard InChI is InChI=1S/C26H27FN4O3/c1-17-14-30(16-29-17)23-8-3-18(12-24(23)33-2)11-20-9-10-34-31-25(19-4-6-22(27)7-5-19)21(15-32)13-28-26(20)31/h3-8,11-12,14,16,21,25,32H,9-10,13,15H2,1-2H3/b20-11-. The molecule has 0 saturated carbocycles. The van der Waals surface area contributed by atoms with E-state index in [2.05, 4.69) is 11.1 Å². The second kappa shape index (κ2) is 9.40. The van der Waals surface area contributed by atoms with Crippen molar-refractivity contribution < 1.29 is 19.1 Å². The molecule has 2 aromatic carbocycles. The van der Waals surface area contributed by atoms with Crippen molar-refractivity contribution in [3.8, 4) is 11.4 Å². The van der Waals surface area contributed by atoms with Gasteiger partial charge < -0.3 is 14.4 Å². The van der Waals surface area contributed by atoms with Crippen LogP contribution in [-0.4, -0.2) is 52.4 Å².